The lowest BCUT2D eigenvalue weighted by Gasteiger charge is -2.39. The second kappa shape index (κ2) is 9.50. The van der Waals surface area contributed by atoms with Crippen molar-refractivity contribution in [2.75, 3.05) is 13.1 Å². The first-order valence-electron chi connectivity index (χ1n) is 11.9. The molecule has 2 aliphatic heterocycles. The molecule has 1 aromatic carbocycles. The lowest BCUT2D eigenvalue weighted by atomic mass is 9.84. The van der Waals surface area contributed by atoms with Crippen LogP contribution in [0.1, 0.15) is 54.6 Å². The number of nitrogens with one attached hydrogen (secondary N) is 1. The maximum atomic E-state index is 14.2. The lowest BCUT2D eigenvalue weighted by molar-refractivity contribution is -0.120. The first-order chi connectivity index (χ1) is 17.2. The van der Waals surface area contributed by atoms with Gasteiger partial charge in [-0.2, -0.15) is 0 Å². The molecule has 9 heteroatoms. The Balaban J connectivity index is 1.31. The van der Waals surface area contributed by atoms with E-state index in [1.807, 2.05) is 24.5 Å². The molecule has 1 spiro atoms. The summed E-state index contributed by atoms with van der Waals surface area (Å²) in [5.74, 6) is -2.15. The number of nitrogens with zero attached hydrogens (tertiary/aromatic N) is 3. The van der Waals surface area contributed by atoms with Crippen LogP contribution in [0.25, 0.3) is 0 Å². The van der Waals surface area contributed by atoms with E-state index in [-0.39, 0.29) is 17.1 Å². The van der Waals surface area contributed by atoms with Crippen molar-refractivity contribution in [3.63, 3.8) is 0 Å². The van der Waals surface area contributed by atoms with Crippen LogP contribution in [0.4, 0.5) is 8.78 Å². The summed E-state index contributed by atoms with van der Waals surface area (Å²) in [6.07, 6.45) is 7.28. The highest BCUT2D eigenvalue weighted by atomic mass is 35.5. The van der Waals surface area contributed by atoms with Crippen LogP contribution in [0.3, 0.4) is 0 Å². The number of amides is 1. The quantitative estimate of drug-likeness (QED) is 0.496. The largest absolute Gasteiger partial charge is 0.365 e. The van der Waals surface area contributed by atoms with Crippen LogP contribution in [0.2, 0.25) is 5.02 Å². The Morgan fingerprint density at radius 1 is 1.19 bits per heavy atom. The van der Waals surface area contributed by atoms with Gasteiger partial charge in [0.25, 0.3) is 0 Å². The van der Waals surface area contributed by atoms with E-state index >= 15 is 0 Å². The van der Waals surface area contributed by atoms with Crippen LogP contribution in [-0.4, -0.2) is 33.9 Å². The highest BCUT2D eigenvalue weighted by Gasteiger charge is 2.42. The summed E-state index contributed by atoms with van der Waals surface area (Å²) in [5.41, 5.74) is 2.63. The third-order valence-corrected chi connectivity index (χ3v) is 7.66. The Hall–Kier alpha value is -2.94. The van der Waals surface area contributed by atoms with Crippen LogP contribution in [-0.2, 0) is 33.8 Å². The molecule has 0 saturated carbocycles. The maximum absolute atomic E-state index is 14.2. The van der Waals surface area contributed by atoms with Crippen LogP contribution in [0.15, 0.2) is 48.9 Å². The van der Waals surface area contributed by atoms with E-state index in [9.17, 15) is 13.6 Å². The number of carbonyl (C=O) groups is 1. The standard InChI is InChI=1S/C27H27ClF2N4O2/c1-17(35)33-26(2,20-11-22(29)25(28)23(30)12-20)24-4-3-18(13-32-24)15-34-9-6-27(7-10-34)21-14-31-8-5-19(21)16-36-27/h3-5,8,11-14H,6-7,9-10,15-16H2,1-2H3,(H,33,35)/t26-/m0/s1. The molecule has 4 heterocycles. The molecule has 0 bridgehead atoms. The molecule has 1 fully saturated rings. The molecule has 3 aromatic rings. The normalized spacial score (nSPS) is 18.6. The minimum atomic E-state index is -1.24. The number of halogens is 3. The van der Waals surface area contributed by atoms with Crippen LogP contribution < -0.4 is 5.32 Å². The van der Waals surface area contributed by atoms with Gasteiger partial charge in [-0.25, -0.2) is 8.78 Å². The molecule has 1 saturated heterocycles. The van der Waals surface area contributed by atoms with Crippen molar-refractivity contribution in [3.05, 3.63) is 93.5 Å². The summed E-state index contributed by atoms with van der Waals surface area (Å²) >= 11 is 5.66. The van der Waals surface area contributed by atoms with Crippen molar-refractivity contribution in [1.82, 2.24) is 20.2 Å². The number of piperidine rings is 1. The van der Waals surface area contributed by atoms with Gasteiger partial charge in [-0.05, 0) is 60.7 Å². The summed E-state index contributed by atoms with van der Waals surface area (Å²) in [7, 11) is 0. The molecule has 36 heavy (non-hydrogen) atoms. The van der Waals surface area contributed by atoms with E-state index in [4.69, 9.17) is 16.3 Å². The Labute approximate surface area is 213 Å². The third-order valence-electron chi connectivity index (χ3n) is 7.30. The van der Waals surface area contributed by atoms with Gasteiger partial charge in [0, 0.05) is 50.7 Å². The zero-order chi connectivity index (χ0) is 25.5. The van der Waals surface area contributed by atoms with Gasteiger partial charge in [0.05, 0.1) is 17.9 Å². The second-order valence-corrected chi connectivity index (χ2v) is 10.1. The van der Waals surface area contributed by atoms with Crippen LogP contribution >= 0.6 is 11.6 Å². The van der Waals surface area contributed by atoms with Gasteiger partial charge in [-0.1, -0.05) is 17.7 Å². The average molecular weight is 513 g/mol. The number of aromatic nitrogens is 2. The molecular weight excluding hydrogens is 486 g/mol. The van der Waals surface area contributed by atoms with E-state index in [0.717, 1.165) is 43.6 Å². The topological polar surface area (TPSA) is 67.4 Å². The van der Waals surface area contributed by atoms with Gasteiger partial charge in [0.15, 0.2) is 0 Å². The predicted octanol–water partition coefficient (Wildman–Crippen LogP) is 4.83. The SMILES string of the molecule is CC(=O)N[C@@](C)(c1cc(F)c(Cl)c(F)c1)c1ccc(CN2CCC3(CC2)OCc2ccncc23)cn1. The molecule has 0 unspecified atom stereocenters. The van der Waals surface area contributed by atoms with Crippen molar-refractivity contribution in [3.8, 4) is 0 Å². The Bertz CT molecular complexity index is 1270. The van der Waals surface area contributed by atoms with Crippen LogP contribution in [0.5, 0.6) is 0 Å². The number of hydrogen-bond donors (Lipinski definition) is 1. The molecule has 1 atom stereocenters. The molecule has 2 aliphatic rings. The molecule has 1 amide bonds. The highest BCUT2D eigenvalue weighted by molar-refractivity contribution is 6.30. The predicted molar refractivity (Wildman–Crippen MR) is 131 cm³/mol. The van der Waals surface area contributed by atoms with E-state index in [2.05, 4.69) is 20.2 Å². The number of carbonyl (C=O) groups excluding carboxylic acids is 1. The van der Waals surface area contributed by atoms with E-state index < -0.39 is 22.2 Å². The first-order valence-corrected chi connectivity index (χ1v) is 12.3. The Morgan fingerprint density at radius 2 is 1.92 bits per heavy atom. The fraction of sp³-hybridized carbons (Fsp3) is 0.370. The number of hydrogen-bond acceptors (Lipinski definition) is 5. The van der Waals surface area contributed by atoms with Gasteiger partial charge >= 0.3 is 0 Å². The smallest absolute Gasteiger partial charge is 0.217 e. The van der Waals surface area contributed by atoms with E-state index in [1.54, 1.807) is 19.2 Å². The molecule has 6 nitrogen and oxygen atoms in total. The number of fused-ring (bicyclic) bond motifs is 2. The number of rotatable bonds is 5. The minimum Gasteiger partial charge on any atom is -0.365 e. The van der Waals surface area contributed by atoms with E-state index in [1.165, 1.54) is 18.1 Å². The lowest BCUT2D eigenvalue weighted by Crippen LogP contribution is -2.44. The van der Waals surface area contributed by atoms with Gasteiger partial charge in [0.1, 0.15) is 22.2 Å². The Kier molecular flexibility index (Phi) is 6.53. The average Bonchev–Trinajstić information content (AvgIpc) is 3.22. The summed E-state index contributed by atoms with van der Waals surface area (Å²) in [6, 6.07) is 7.99. The molecule has 0 radical (unpaired) electrons. The van der Waals surface area contributed by atoms with Crippen molar-refractivity contribution in [2.24, 2.45) is 0 Å². The van der Waals surface area contributed by atoms with Crippen molar-refractivity contribution < 1.29 is 18.3 Å². The second-order valence-electron chi connectivity index (χ2n) is 9.70. The fourth-order valence-electron chi connectivity index (χ4n) is 5.29. The summed E-state index contributed by atoms with van der Waals surface area (Å²) < 4.78 is 34.7. The first kappa shape index (κ1) is 24.7. The molecule has 5 rings (SSSR count). The monoisotopic (exact) mass is 512 g/mol. The summed E-state index contributed by atoms with van der Waals surface area (Å²) in [4.78, 5) is 23.2. The summed E-state index contributed by atoms with van der Waals surface area (Å²) in [6.45, 7) is 6.12. The highest BCUT2D eigenvalue weighted by Crippen LogP contribution is 2.43. The van der Waals surface area contributed by atoms with Gasteiger partial charge in [0.2, 0.25) is 5.91 Å². The number of benzene rings is 1. The third kappa shape index (κ3) is 4.49. The van der Waals surface area contributed by atoms with Gasteiger partial charge < -0.3 is 10.1 Å². The molecule has 0 aliphatic carbocycles. The number of ether oxygens (including phenoxy) is 1. The zero-order valence-electron chi connectivity index (χ0n) is 20.2. The number of pyridine rings is 2. The van der Waals surface area contributed by atoms with Gasteiger partial charge in [-0.3, -0.25) is 19.7 Å². The fourth-order valence-corrected chi connectivity index (χ4v) is 5.40. The number of likely N-dealkylation sites (tertiary alicyclic amines) is 1. The zero-order valence-corrected chi connectivity index (χ0v) is 20.9. The minimum absolute atomic E-state index is 0.213. The molecular formula is C27H27ClF2N4O2. The van der Waals surface area contributed by atoms with Crippen LogP contribution in [0, 0.1) is 11.6 Å². The van der Waals surface area contributed by atoms with Crippen molar-refractivity contribution >= 4 is 17.5 Å². The molecule has 1 N–H and O–H groups in total. The molecule has 2 aromatic heterocycles. The molecule has 188 valence electrons. The van der Waals surface area contributed by atoms with E-state index in [0.29, 0.717) is 18.8 Å². The van der Waals surface area contributed by atoms with Crippen molar-refractivity contribution in [1.29, 1.82) is 0 Å². The Morgan fingerprint density at radius 3 is 2.56 bits per heavy atom. The van der Waals surface area contributed by atoms with Crippen molar-refractivity contribution in [2.45, 2.75) is 51.0 Å². The van der Waals surface area contributed by atoms with Gasteiger partial charge in [-0.15, -0.1) is 0 Å². The summed E-state index contributed by atoms with van der Waals surface area (Å²) in [5, 5.41) is 2.21. The maximum Gasteiger partial charge on any atom is 0.217 e.